The molecule has 2 aromatic rings. The topological polar surface area (TPSA) is 12.0 Å². The van der Waals surface area contributed by atoms with E-state index < -0.39 is 0 Å². The SMILES string of the molecule is Cc1ccc(CC(C)NC2CCCc3sc(Cl)cc32)s1. The Balaban J connectivity index is 1.66. The lowest BCUT2D eigenvalue weighted by atomic mass is 9.93. The molecule has 108 valence electrons. The lowest BCUT2D eigenvalue weighted by Crippen LogP contribution is -2.33. The van der Waals surface area contributed by atoms with Gasteiger partial charge < -0.3 is 5.32 Å². The molecule has 2 unspecified atom stereocenters. The van der Waals surface area contributed by atoms with Crippen LogP contribution >= 0.6 is 34.3 Å². The van der Waals surface area contributed by atoms with Gasteiger partial charge in [0, 0.05) is 26.7 Å². The van der Waals surface area contributed by atoms with Crippen molar-refractivity contribution >= 4 is 34.3 Å². The van der Waals surface area contributed by atoms with Crippen LogP contribution in [-0.4, -0.2) is 6.04 Å². The van der Waals surface area contributed by atoms with Crippen molar-refractivity contribution in [3.8, 4) is 0 Å². The third kappa shape index (κ3) is 3.28. The molecule has 1 aliphatic carbocycles. The summed E-state index contributed by atoms with van der Waals surface area (Å²) in [6.45, 7) is 4.46. The van der Waals surface area contributed by atoms with Crippen LogP contribution in [0.4, 0.5) is 0 Å². The largest absolute Gasteiger partial charge is 0.307 e. The summed E-state index contributed by atoms with van der Waals surface area (Å²) in [7, 11) is 0. The summed E-state index contributed by atoms with van der Waals surface area (Å²) in [6, 6.07) is 7.62. The quantitative estimate of drug-likeness (QED) is 0.796. The lowest BCUT2D eigenvalue weighted by molar-refractivity contribution is 0.411. The highest BCUT2D eigenvalue weighted by Crippen LogP contribution is 2.38. The first-order valence-corrected chi connectivity index (χ1v) is 9.22. The number of thiophene rings is 2. The van der Waals surface area contributed by atoms with E-state index in [1.54, 1.807) is 11.3 Å². The molecule has 0 saturated carbocycles. The molecule has 0 bridgehead atoms. The predicted octanol–water partition coefficient (Wildman–Crippen LogP) is 5.37. The molecule has 0 aromatic carbocycles. The number of nitrogens with one attached hydrogen (secondary N) is 1. The Labute approximate surface area is 134 Å². The average molecular weight is 326 g/mol. The van der Waals surface area contributed by atoms with Gasteiger partial charge in [-0.05, 0) is 63.3 Å². The maximum absolute atomic E-state index is 6.18. The van der Waals surface area contributed by atoms with Crippen molar-refractivity contribution in [2.24, 2.45) is 0 Å². The molecule has 0 amide bonds. The Hall–Kier alpha value is -0.350. The van der Waals surface area contributed by atoms with Crippen LogP contribution in [0.1, 0.15) is 46.0 Å². The van der Waals surface area contributed by atoms with Gasteiger partial charge in [0.15, 0.2) is 0 Å². The van der Waals surface area contributed by atoms with Crippen LogP contribution in [0.5, 0.6) is 0 Å². The summed E-state index contributed by atoms with van der Waals surface area (Å²) in [5.41, 5.74) is 1.44. The van der Waals surface area contributed by atoms with E-state index in [1.807, 2.05) is 11.3 Å². The molecule has 0 radical (unpaired) electrons. The zero-order chi connectivity index (χ0) is 14.1. The average Bonchev–Trinajstić information content (AvgIpc) is 2.95. The molecule has 2 atom stereocenters. The molecule has 20 heavy (non-hydrogen) atoms. The van der Waals surface area contributed by atoms with Gasteiger partial charge in [-0.2, -0.15) is 0 Å². The number of rotatable bonds is 4. The highest BCUT2D eigenvalue weighted by atomic mass is 35.5. The molecule has 3 rings (SSSR count). The first-order chi connectivity index (χ1) is 9.61. The van der Waals surface area contributed by atoms with E-state index in [0.29, 0.717) is 12.1 Å². The van der Waals surface area contributed by atoms with Crippen LogP contribution in [0.3, 0.4) is 0 Å². The van der Waals surface area contributed by atoms with Crippen molar-refractivity contribution in [3.63, 3.8) is 0 Å². The van der Waals surface area contributed by atoms with Crippen molar-refractivity contribution in [2.75, 3.05) is 0 Å². The zero-order valence-corrected chi connectivity index (χ0v) is 14.3. The van der Waals surface area contributed by atoms with Crippen LogP contribution < -0.4 is 5.32 Å². The Morgan fingerprint density at radius 3 is 3.00 bits per heavy atom. The molecule has 1 N–H and O–H groups in total. The summed E-state index contributed by atoms with van der Waals surface area (Å²) in [5, 5.41) is 3.80. The first kappa shape index (κ1) is 14.6. The summed E-state index contributed by atoms with van der Waals surface area (Å²) in [6.07, 6.45) is 4.81. The fourth-order valence-corrected chi connectivity index (χ4v) is 5.40. The van der Waals surface area contributed by atoms with E-state index in [2.05, 4.69) is 37.4 Å². The number of fused-ring (bicyclic) bond motifs is 1. The molecular formula is C16H20ClNS2. The minimum atomic E-state index is 0.485. The minimum absolute atomic E-state index is 0.485. The standard InChI is InChI=1S/C16H20ClNS2/c1-10(8-12-7-6-11(2)19-12)18-14-4-3-5-15-13(14)9-16(17)20-15/h6-7,9-10,14,18H,3-5,8H2,1-2H3. The van der Waals surface area contributed by atoms with Crippen LogP contribution in [0.25, 0.3) is 0 Å². The van der Waals surface area contributed by atoms with E-state index in [4.69, 9.17) is 11.6 Å². The number of hydrogen-bond donors (Lipinski definition) is 1. The lowest BCUT2D eigenvalue weighted by Gasteiger charge is -2.27. The highest BCUT2D eigenvalue weighted by Gasteiger charge is 2.23. The molecule has 0 spiro atoms. The molecular weight excluding hydrogens is 306 g/mol. The smallest absolute Gasteiger partial charge is 0.0934 e. The van der Waals surface area contributed by atoms with Gasteiger partial charge in [0.05, 0.1) is 4.34 Å². The number of halogens is 1. The van der Waals surface area contributed by atoms with E-state index in [-0.39, 0.29) is 0 Å². The van der Waals surface area contributed by atoms with Gasteiger partial charge in [0.2, 0.25) is 0 Å². The molecule has 4 heteroatoms. The van der Waals surface area contributed by atoms with E-state index in [0.717, 1.165) is 10.8 Å². The fraction of sp³-hybridized carbons (Fsp3) is 0.500. The van der Waals surface area contributed by atoms with Gasteiger partial charge in [-0.15, -0.1) is 22.7 Å². The van der Waals surface area contributed by atoms with Crippen molar-refractivity contribution in [1.29, 1.82) is 0 Å². The van der Waals surface area contributed by atoms with Crippen LogP contribution in [0, 0.1) is 6.92 Å². The molecule has 0 aliphatic heterocycles. The van der Waals surface area contributed by atoms with Gasteiger partial charge in [-0.1, -0.05) is 11.6 Å². The number of aryl methyl sites for hydroxylation is 2. The van der Waals surface area contributed by atoms with E-state index in [9.17, 15) is 0 Å². The minimum Gasteiger partial charge on any atom is -0.307 e. The molecule has 2 heterocycles. The normalized spacial score (nSPS) is 19.9. The van der Waals surface area contributed by atoms with Gasteiger partial charge >= 0.3 is 0 Å². The highest BCUT2D eigenvalue weighted by molar-refractivity contribution is 7.16. The molecule has 1 aliphatic rings. The third-order valence-corrected chi connectivity index (χ3v) is 6.24. The maximum Gasteiger partial charge on any atom is 0.0934 e. The van der Waals surface area contributed by atoms with Gasteiger partial charge in [-0.25, -0.2) is 0 Å². The molecule has 0 fully saturated rings. The van der Waals surface area contributed by atoms with Crippen molar-refractivity contribution in [2.45, 2.75) is 51.6 Å². The summed E-state index contributed by atoms with van der Waals surface area (Å²) < 4.78 is 0.935. The molecule has 1 nitrogen and oxygen atoms in total. The second kappa shape index (κ2) is 6.18. The van der Waals surface area contributed by atoms with Gasteiger partial charge in [0.1, 0.15) is 0 Å². The van der Waals surface area contributed by atoms with Crippen LogP contribution in [-0.2, 0) is 12.8 Å². The van der Waals surface area contributed by atoms with E-state index >= 15 is 0 Å². The first-order valence-electron chi connectivity index (χ1n) is 7.21. The zero-order valence-electron chi connectivity index (χ0n) is 11.9. The van der Waals surface area contributed by atoms with E-state index in [1.165, 1.54) is 39.5 Å². The molecule has 2 aromatic heterocycles. The van der Waals surface area contributed by atoms with Crippen molar-refractivity contribution in [3.05, 3.63) is 42.7 Å². The summed E-state index contributed by atoms with van der Waals surface area (Å²) in [5.74, 6) is 0. The second-order valence-electron chi connectivity index (χ2n) is 5.66. The molecule has 0 saturated heterocycles. The Kier molecular flexibility index (Phi) is 4.51. The summed E-state index contributed by atoms with van der Waals surface area (Å²) >= 11 is 9.84. The van der Waals surface area contributed by atoms with Crippen LogP contribution in [0.2, 0.25) is 4.34 Å². The van der Waals surface area contributed by atoms with Crippen LogP contribution in [0.15, 0.2) is 18.2 Å². The Morgan fingerprint density at radius 2 is 2.25 bits per heavy atom. The second-order valence-corrected chi connectivity index (χ2v) is 8.80. The summed E-state index contributed by atoms with van der Waals surface area (Å²) in [4.78, 5) is 4.36. The van der Waals surface area contributed by atoms with Gasteiger partial charge in [0.25, 0.3) is 0 Å². The van der Waals surface area contributed by atoms with Crippen molar-refractivity contribution in [1.82, 2.24) is 5.32 Å². The van der Waals surface area contributed by atoms with Crippen molar-refractivity contribution < 1.29 is 0 Å². The predicted molar refractivity (Wildman–Crippen MR) is 90.4 cm³/mol. The Bertz CT molecular complexity index is 587. The number of hydrogen-bond acceptors (Lipinski definition) is 3. The van der Waals surface area contributed by atoms with Gasteiger partial charge in [-0.3, -0.25) is 0 Å². The monoisotopic (exact) mass is 325 g/mol. The Morgan fingerprint density at radius 1 is 1.40 bits per heavy atom. The maximum atomic E-state index is 6.18. The fourth-order valence-electron chi connectivity index (χ4n) is 2.99. The third-order valence-electron chi connectivity index (χ3n) is 3.87.